The Morgan fingerprint density at radius 3 is 2.09 bits per heavy atom. The van der Waals surface area contributed by atoms with E-state index in [1.165, 1.54) is 6.21 Å². The van der Waals surface area contributed by atoms with Crippen molar-refractivity contribution in [3.05, 3.63) is 103 Å². The normalized spacial score (nSPS) is 10.6. The highest BCUT2D eigenvalue weighted by molar-refractivity contribution is 6.07. The van der Waals surface area contributed by atoms with E-state index in [4.69, 9.17) is 9.83 Å². The summed E-state index contributed by atoms with van der Waals surface area (Å²) in [5, 5.41) is 8.66. The van der Waals surface area contributed by atoms with Gasteiger partial charge in [-0.15, -0.1) is 0 Å². The van der Waals surface area contributed by atoms with Gasteiger partial charge in [-0.1, -0.05) is 83.4 Å². The molecular formula is C31H42N2O. The van der Waals surface area contributed by atoms with Gasteiger partial charge in [0.2, 0.25) is 0 Å². The Hall–Kier alpha value is -3.59. The molecular weight excluding hydrogens is 416 g/mol. The molecule has 3 heteroatoms. The number of allylic oxidation sites excluding steroid dienone is 6. The van der Waals surface area contributed by atoms with Gasteiger partial charge < -0.3 is 14.7 Å². The first kappa shape index (κ1) is 30.4. The van der Waals surface area contributed by atoms with Crippen LogP contribution in [0.5, 0.6) is 0 Å². The molecule has 0 amide bonds. The molecule has 3 nitrogen and oxygen atoms in total. The Kier molecular flexibility index (Phi) is 15.2. The highest BCUT2D eigenvalue weighted by atomic mass is 16.3. The number of nitrogens with zero attached hydrogens (tertiary/aromatic N) is 1. The van der Waals surface area contributed by atoms with Crippen LogP contribution < -0.4 is 4.90 Å². The van der Waals surface area contributed by atoms with Gasteiger partial charge in [0.05, 0.1) is 5.69 Å². The van der Waals surface area contributed by atoms with Crippen molar-refractivity contribution in [1.29, 1.82) is 5.41 Å². The summed E-state index contributed by atoms with van der Waals surface area (Å²) in [5.41, 5.74) is 5.90. The summed E-state index contributed by atoms with van der Waals surface area (Å²) < 4.78 is 6.11. The van der Waals surface area contributed by atoms with Gasteiger partial charge in [0, 0.05) is 34.4 Å². The first-order chi connectivity index (χ1) is 16.5. The monoisotopic (exact) mass is 458 g/mol. The van der Waals surface area contributed by atoms with E-state index in [0.717, 1.165) is 44.5 Å². The molecule has 0 unspecified atom stereocenters. The van der Waals surface area contributed by atoms with Gasteiger partial charge in [0.25, 0.3) is 0 Å². The number of rotatable bonds is 6. The van der Waals surface area contributed by atoms with Crippen molar-refractivity contribution in [2.45, 2.75) is 55.4 Å². The molecule has 34 heavy (non-hydrogen) atoms. The fourth-order valence-corrected chi connectivity index (χ4v) is 3.15. The van der Waals surface area contributed by atoms with Crippen LogP contribution in [0, 0.1) is 12.3 Å². The summed E-state index contributed by atoms with van der Waals surface area (Å²) in [5.74, 6) is 0. The number of hydrogen-bond acceptors (Lipinski definition) is 3. The van der Waals surface area contributed by atoms with Crippen molar-refractivity contribution in [3.63, 3.8) is 0 Å². The van der Waals surface area contributed by atoms with Crippen LogP contribution in [0.15, 0.2) is 102 Å². The second-order valence-electron chi connectivity index (χ2n) is 6.75. The second-order valence-corrected chi connectivity index (χ2v) is 6.75. The molecule has 0 aliphatic rings. The van der Waals surface area contributed by atoms with E-state index in [1.807, 2.05) is 95.9 Å². The first-order valence-electron chi connectivity index (χ1n) is 11.9. The Morgan fingerprint density at radius 2 is 1.56 bits per heavy atom. The molecule has 0 aliphatic carbocycles. The number of aryl methyl sites for hydroxylation is 1. The van der Waals surface area contributed by atoms with Crippen molar-refractivity contribution in [1.82, 2.24) is 0 Å². The summed E-state index contributed by atoms with van der Waals surface area (Å²) in [6, 6.07) is 12.3. The molecule has 0 aliphatic heterocycles. The molecule has 1 heterocycles. The standard InChI is InChI=1S/C23H23NO.C4H7N.2C2H6/c1-6-8-11-16(3)18(5)24(7-2)21-15-14-20-19-12-9-10-13-22(19)25-23(20)17(21)4;1-2-3-4-5;2*1-2/h6-15H,2,5H2,1,3-4H3;2-5H,1H3;2*1-2H3/b8-6-,16-11+;3-2-,5-4?;;. The molecule has 3 rings (SSSR count). The van der Waals surface area contributed by atoms with Crippen LogP contribution in [-0.4, -0.2) is 6.21 Å². The molecule has 182 valence electrons. The lowest BCUT2D eigenvalue weighted by atomic mass is 10.1. The zero-order valence-electron chi connectivity index (χ0n) is 22.3. The zero-order valence-corrected chi connectivity index (χ0v) is 22.3. The van der Waals surface area contributed by atoms with Crippen LogP contribution in [0.4, 0.5) is 5.69 Å². The van der Waals surface area contributed by atoms with E-state index in [0.29, 0.717) is 0 Å². The second kappa shape index (κ2) is 17.0. The number of hydrogen-bond donors (Lipinski definition) is 1. The average molecular weight is 459 g/mol. The average Bonchev–Trinajstić information content (AvgIpc) is 3.27. The van der Waals surface area contributed by atoms with E-state index in [1.54, 1.807) is 12.3 Å². The fraction of sp³-hybridized carbons (Fsp3) is 0.258. The Balaban J connectivity index is 0.00000106. The molecule has 0 fully saturated rings. The van der Waals surface area contributed by atoms with Gasteiger partial charge in [0.15, 0.2) is 0 Å². The molecule has 0 radical (unpaired) electrons. The topological polar surface area (TPSA) is 40.2 Å². The van der Waals surface area contributed by atoms with Crippen molar-refractivity contribution in [2.75, 3.05) is 4.90 Å². The molecule has 3 aromatic rings. The lowest BCUT2D eigenvalue weighted by molar-refractivity contribution is 0.666. The third-order valence-electron chi connectivity index (χ3n) is 4.78. The molecule has 0 saturated carbocycles. The highest BCUT2D eigenvalue weighted by Crippen LogP contribution is 2.36. The van der Waals surface area contributed by atoms with Gasteiger partial charge in [0.1, 0.15) is 11.2 Å². The maximum atomic E-state index is 6.39. The smallest absolute Gasteiger partial charge is 0.140 e. The van der Waals surface area contributed by atoms with Crippen molar-refractivity contribution in [3.8, 4) is 0 Å². The summed E-state index contributed by atoms with van der Waals surface area (Å²) in [6.45, 7) is 24.2. The van der Waals surface area contributed by atoms with Crippen LogP contribution >= 0.6 is 0 Å². The van der Waals surface area contributed by atoms with Gasteiger partial charge >= 0.3 is 0 Å². The molecule has 0 atom stereocenters. The number of fused-ring (bicyclic) bond motifs is 3. The van der Waals surface area contributed by atoms with E-state index in [2.05, 4.69) is 38.3 Å². The lowest BCUT2D eigenvalue weighted by Gasteiger charge is -2.25. The summed E-state index contributed by atoms with van der Waals surface area (Å²) in [7, 11) is 0. The molecule has 2 aromatic carbocycles. The predicted molar refractivity (Wildman–Crippen MR) is 155 cm³/mol. The third kappa shape index (κ3) is 7.77. The van der Waals surface area contributed by atoms with E-state index in [9.17, 15) is 0 Å². The SMILES string of the molecule is C/C=C\C=N.C=CN(C(=C)/C(C)=C/C=C\C)c1ccc2c(oc3ccccc32)c1C.CC.CC. The summed E-state index contributed by atoms with van der Waals surface area (Å²) >= 11 is 0. The zero-order chi connectivity index (χ0) is 26.1. The third-order valence-corrected chi connectivity index (χ3v) is 4.78. The minimum absolute atomic E-state index is 0.895. The van der Waals surface area contributed by atoms with E-state index < -0.39 is 0 Å². The number of nitrogens with one attached hydrogen (secondary N) is 1. The molecule has 1 aromatic heterocycles. The minimum atomic E-state index is 0.895. The van der Waals surface area contributed by atoms with Gasteiger partial charge in [-0.3, -0.25) is 0 Å². The van der Waals surface area contributed by atoms with Crippen molar-refractivity contribution in [2.24, 2.45) is 0 Å². The number of furan rings is 1. The van der Waals surface area contributed by atoms with Crippen LogP contribution in [0.1, 0.15) is 54.0 Å². The van der Waals surface area contributed by atoms with Crippen molar-refractivity contribution < 1.29 is 4.42 Å². The Morgan fingerprint density at radius 1 is 0.941 bits per heavy atom. The van der Waals surface area contributed by atoms with E-state index in [-0.39, 0.29) is 0 Å². The molecule has 0 bridgehead atoms. The Bertz CT molecular complexity index is 1140. The number of anilines is 1. The summed E-state index contributed by atoms with van der Waals surface area (Å²) in [4.78, 5) is 2.01. The predicted octanol–water partition coefficient (Wildman–Crippen LogP) is 10.1. The van der Waals surface area contributed by atoms with Crippen LogP contribution in [0.2, 0.25) is 0 Å². The minimum Gasteiger partial charge on any atom is -0.456 e. The molecule has 1 N–H and O–H groups in total. The molecule has 0 saturated heterocycles. The highest BCUT2D eigenvalue weighted by Gasteiger charge is 2.16. The maximum Gasteiger partial charge on any atom is 0.140 e. The van der Waals surface area contributed by atoms with E-state index >= 15 is 0 Å². The number of para-hydroxylation sites is 1. The van der Waals surface area contributed by atoms with Crippen LogP contribution in [0.25, 0.3) is 21.9 Å². The largest absolute Gasteiger partial charge is 0.456 e. The van der Waals surface area contributed by atoms with Crippen LogP contribution in [-0.2, 0) is 0 Å². The van der Waals surface area contributed by atoms with Crippen LogP contribution in [0.3, 0.4) is 0 Å². The number of benzene rings is 2. The maximum absolute atomic E-state index is 6.39. The molecule has 0 spiro atoms. The lowest BCUT2D eigenvalue weighted by Crippen LogP contribution is -2.16. The fourth-order valence-electron chi connectivity index (χ4n) is 3.15. The van der Waals surface area contributed by atoms with Gasteiger partial charge in [-0.25, -0.2) is 0 Å². The Labute approximate surface area is 207 Å². The van der Waals surface area contributed by atoms with Crippen molar-refractivity contribution >= 4 is 33.8 Å². The first-order valence-corrected chi connectivity index (χ1v) is 11.9. The quantitative estimate of drug-likeness (QED) is 0.295. The summed E-state index contributed by atoms with van der Waals surface area (Å²) in [6.07, 6.45) is 12.6. The van der Waals surface area contributed by atoms with Gasteiger partial charge in [-0.05, 0) is 57.5 Å². The van der Waals surface area contributed by atoms with Gasteiger partial charge in [-0.2, -0.15) is 0 Å².